The van der Waals surface area contributed by atoms with Gasteiger partial charge in [-0.05, 0) is 30.3 Å². The van der Waals surface area contributed by atoms with Crippen molar-refractivity contribution in [3.05, 3.63) is 88.7 Å². The number of thioether (sulfide) groups is 1. The average molecular weight is 401 g/mol. The molecule has 0 bridgehead atoms. The predicted molar refractivity (Wildman–Crippen MR) is 113 cm³/mol. The number of nitrogens with one attached hydrogen (secondary N) is 1. The van der Waals surface area contributed by atoms with Gasteiger partial charge in [-0.2, -0.15) is 0 Å². The Kier molecular flexibility index (Phi) is 4.25. The normalized spacial score (nSPS) is 11.3. The Morgan fingerprint density at radius 3 is 2.69 bits per heavy atom. The second-order valence-corrected chi connectivity index (χ2v) is 7.49. The molecule has 2 aromatic carbocycles. The molecule has 0 aliphatic carbocycles. The van der Waals surface area contributed by atoms with Gasteiger partial charge in [0.05, 0.1) is 27.8 Å². The predicted octanol–water partition coefficient (Wildman–Crippen LogP) is 5.08. The van der Waals surface area contributed by atoms with Crippen LogP contribution in [0.4, 0.5) is 5.69 Å². The van der Waals surface area contributed by atoms with E-state index in [0.29, 0.717) is 0 Å². The Morgan fingerprint density at radius 2 is 1.90 bits per heavy atom. The Labute approximate surface area is 169 Å². The van der Waals surface area contributed by atoms with Crippen molar-refractivity contribution >= 4 is 34.1 Å². The molecule has 0 saturated heterocycles. The minimum atomic E-state index is -0.397. The minimum Gasteiger partial charge on any atom is -0.333 e. The quantitative estimate of drug-likeness (QED) is 0.252. The summed E-state index contributed by atoms with van der Waals surface area (Å²) in [5.41, 5.74) is 5.78. The lowest BCUT2D eigenvalue weighted by Crippen LogP contribution is -1.93. The second kappa shape index (κ2) is 7.06. The van der Waals surface area contributed by atoms with Gasteiger partial charge in [-0.3, -0.25) is 14.5 Å². The first-order valence-electron chi connectivity index (χ1n) is 8.96. The molecule has 1 N–H and O–H groups in total. The summed E-state index contributed by atoms with van der Waals surface area (Å²) >= 11 is 1.63. The molecule has 29 heavy (non-hydrogen) atoms. The zero-order chi connectivity index (χ0) is 19.8. The number of hydrogen-bond donors (Lipinski definition) is 1. The number of rotatable bonds is 5. The van der Waals surface area contributed by atoms with Crippen molar-refractivity contribution in [1.29, 1.82) is 0 Å². The molecule has 8 heteroatoms. The fraction of sp³-hybridized carbons (Fsp3) is 0.0476. The molecule has 3 aromatic heterocycles. The highest BCUT2D eigenvalue weighted by molar-refractivity contribution is 7.98. The van der Waals surface area contributed by atoms with Crippen molar-refractivity contribution in [3.8, 4) is 11.3 Å². The lowest BCUT2D eigenvalue weighted by Gasteiger charge is -2.05. The van der Waals surface area contributed by atoms with Crippen molar-refractivity contribution in [2.45, 2.75) is 10.9 Å². The monoisotopic (exact) mass is 401 g/mol. The van der Waals surface area contributed by atoms with E-state index in [4.69, 9.17) is 0 Å². The van der Waals surface area contributed by atoms with E-state index in [0.717, 1.165) is 44.4 Å². The van der Waals surface area contributed by atoms with Crippen molar-refractivity contribution in [1.82, 2.24) is 19.4 Å². The number of nitro benzene ring substituents is 1. The summed E-state index contributed by atoms with van der Waals surface area (Å²) in [4.78, 5) is 23.0. The van der Waals surface area contributed by atoms with Gasteiger partial charge < -0.3 is 4.98 Å². The summed E-state index contributed by atoms with van der Waals surface area (Å²) in [5.74, 6) is 0.723. The maximum Gasteiger partial charge on any atom is 0.269 e. The Morgan fingerprint density at radius 1 is 1.07 bits per heavy atom. The number of benzene rings is 2. The lowest BCUT2D eigenvalue weighted by molar-refractivity contribution is -0.384. The Hall–Kier alpha value is -3.65. The molecule has 5 rings (SSSR count). The maximum atomic E-state index is 10.9. The van der Waals surface area contributed by atoms with Crippen LogP contribution >= 0.6 is 11.8 Å². The highest BCUT2D eigenvalue weighted by Crippen LogP contribution is 2.28. The molecule has 7 nitrogen and oxygen atoms in total. The highest BCUT2D eigenvalue weighted by atomic mass is 32.2. The molecule has 0 unspecified atom stereocenters. The van der Waals surface area contributed by atoms with Gasteiger partial charge in [-0.15, -0.1) is 0 Å². The fourth-order valence-electron chi connectivity index (χ4n) is 3.29. The first kappa shape index (κ1) is 17.4. The number of aromatic amines is 1. The molecule has 0 radical (unpaired) electrons. The number of imidazole rings is 2. The molecule has 0 fully saturated rings. The standard InChI is InChI=1S/C21H15N5O2S/c27-26(28)16-9-7-14(8-10-16)19-12-22-20-15(4-3-11-25(19)20)13-29-21-23-17-5-1-2-6-18(17)24-21/h1-12H,13H2,(H,23,24). The largest absolute Gasteiger partial charge is 0.333 e. The summed E-state index contributed by atoms with van der Waals surface area (Å²) in [6.45, 7) is 0. The minimum absolute atomic E-state index is 0.0745. The summed E-state index contributed by atoms with van der Waals surface area (Å²) in [6, 6.07) is 18.5. The van der Waals surface area contributed by atoms with Crippen molar-refractivity contribution in [2.75, 3.05) is 0 Å². The molecule has 142 valence electrons. The summed E-state index contributed by atoms with van der Waals surface area (Å²) in [6.07, 6.45) is 3.75. The number of H-pyrrole nitrogens is 1. The van der Waals surface area contributed by atoms with Crippen LogP contribution in [0.3, 0.4) is 0 Å². The smallest absolute Gasteiger partial charge is 0.269 e. The average Bonchev–Trinajstić information content (AvgIpc) is 3.36. The zero-order valence-corrected chi connectivity index (χ0v) is 16.0. The van der Waals surface area contributed by atoms with E-state index in [2.05, 4.69) is 21.0 Å². The number of pyridine rings is 1. The summed E-state index contributed by atoms with van der Waals surface area (Å²) in [5, 5.41) is 11.8. The van der Waals surface area contributed by atoms with Gasteiger partial charge in [-0.1, -0.05) is 30.0 Å². The third-order valence-corrected chi connectivity index (χ3v) is 5.64. The SMILES string of the molecule is O=[N+]([O-])c1ccc(-c2cnc3c(CSc4nc5ccccc5[nH]4)cccn23)cc1. The number of para-hydroxylation sites is 2. The van der Waals surface area contributed by atoms with Gasteiger partial charge in [0.1, 0.15) is 5.65 Å². The highest BCUT2D eigenvalue weighted by Gasteiger charge is 2.12. The van der Waals surface area contributed by atoms with Crippen LogP contribution in [0, 0.1) is 10.1 Å². The first-order valence-corrected chi connectivity index (χ1v) is 9.95. The number of nitrogens with zero attached hydrogens (tertiary/aromatic N) is 4. The van der Waals surface area contributed by atoms with E-state index < -0.39 is 4.92 Å². The van der Waals surface area contributed by atoms with Crippen molar-refractivity contribution in [3.63, 3.8) is 0 Å². The Bertz CT molecular complexity index is 1310. The van der Waals surface area contributed by atoms with E-state index in [9.17, 15) is 10.1 Å². The first-order chi connectivity index (χ1) is 14.2. The lowest BCUT2D eigenvalue weighted by atomic mass is 10.1. The zero-order valence-electron chi connectivity index (χ0n) is 15.1. The molecule has 0 aliphatic rings. The fourth-order valence-corrected chi connectivity index (χ4v) is 4.16. The third kappa shape index (κ3) is 3.23. The van der Waals surface area contributed by atoms with Gasteiger partial charge in [0.2, 0.25) is 0 Å². The van der Waals surface area contributed by atoms with Gasteiger partial charge in [0.15, 0.2) is 5.16 Å². The van der Waals surface area contributed by atoms with Crippen LogP contribution in [-0.2, 0) is 5.75 Å². The Balaban J connectivity index is 1.44. The molecule has 0 aliphatic heterocycles. The van der Waals surface area contributed by atoms with E-state index in [1.54, 1.807) is 30.1 Å². The molecule has 5 aromatic rings. The molecule has 0 spiro atoms. The number of non-ortho nitro benzene ring substituents is 1. The molecule has 0 atom stereocenters. The van der Waals surface area contributed by atoms with E-state index in [1.165, 1.54) is 12.1 Å². The third-order valence-electron chi connectivity index (χ3n) is 4.72. The van der Waals surface area contributed by atoms with Crippen LogP contribution < -0.4 is 0 Å². The number of hydrogen-bond acceptors (Lipinski definition) is 5. The summed E-state index contributed by atoms with van der Waals surface area (Å²) < 4.78 is 2.01. The molecular formula is C21H15N5O2S. The van der Waals surface area contributed by atoms with Crippen LogP contribution in [0.25, 0.3) is 27.9 Å². The van der Waals surface area contributed by atoms with E-state index >= 15 is 0 Å². The molecule has 0 saturated carbocycles. The maximum absolute atomic E-state index is 10.9. The van der Waals surface area contributed by atoms with Crippen LogP contribution in [0.15, 0.2) is 78.2 Å². The van der Waals surface area contributed by atoms with Crippen LogP contribution in [-0.4, -0.2) is 24.3 Å². The van der Waals surface area contributed by atoms with Gasteiger partial charge in [0, 0.05) is 35.2 Å². The number of fused-ring (bicyclic) bond motifs is 2. The molecular weight excluding hydrogens is 386 g/mol. The van der Waals surface area contributed by atoms with Crippen LogP contribution in [0.2, 0.25) is 0 Å². The van der Waals surface area contributed by atoms with E-state index in [-0.39, 0.29) is 5.69 Å². The van der Waals surface area contributed by atoms with Gasteiger partial charge in [0.25, 0.3) is 5.69 Å². The van der Waals surface area contributed by atoms with Crippen molar-refractivity contribution in [2.24, 2.45) is 0 Å². The number of nitro groups is 1. The summed E-state index contributed by atoms with van der Waals surface area (Å²) in [7, 11) is 0. The van der Waals surface area contributed by atoms with Crippen LogP contribution in [0.5, 0.6) is 0 Å². The van der Waals surface area contributed by atoms with Gasteiger partial charge in [-0.25, -0.2) is 9.97 Å². The second-order valence-electron chi connectivity index (χ2n) is 6.52. The topological polar surface area (TPSA) is 89.1 Å². The molecule has 0 amide bonds. The molecule has 3 heterocycles. The van der Waals surface area contributed by atoms with Gasteiger partial charge >= 0.3 is 0 Å². The number of aromatic nitrogens is 4. The van der Waals surface area contributed by atoms with E-state index in [1.807, 2.05) is 40.9 Å². The van der Waals surface area contributed by atoms with Crippen LogP contribution in [0.1, 0.15) is 5.56 Å². The van der Waals surface area contributed by atoms with Crippen molar-refractivity contribution < 1.29 is 4.92 Å².